The zero-order valence-electron chi connectivity index (χ0n) is 18.4. The molecule has 0 aliphatic carbocycles. The lowest BCUT2D eigenvalue weighted by Crippen LogP contribution is -2.49. The Morgan fingerprint density at radius 3 is 2.53 bits per heavy atom. The van der Waals surface area contributed by atoms with Gasteiger partial charge in [0.2, 0.25) is 5.91 Å². The highest BCUT2D eigenvalue weighted by molar-refractivity contribution is 5.85. The summed E-state index contributed by atoms with van der Waals surface area (Å²) >= 11 is 0. The Morgan fingerprint density at radius 2 is 1.90 bits per heavy atom. The van der Waals surface area contributed by atoms with Gasteiger partial charge < -0.3 is 25.4 Å². The van der Waals surface area contributed by atoms with Gasteiger partial charge in [-0.1, -0.05) is 26.0 Å². The van der Waals surface area contributed by atoms with E-state index in [1.807, 2.05) is 0 Å². The first kappa shape index (κ1) is 24.0. The van der Waals surface area contributed by atoms with Crippen LogP contribution in [0.15, 0.2) is 24.3 Å². The van der Waals surface area contributed by atoms with Gasteiger partial charge in [0.05, 0.1) is 0 Å². The van der Waals surface area contributed by atoms with Crippen molar-refractivity contribution in [3.05, 3.63) is 29.8 Å². The van der Waals surface area contributed by atoms with Crippen LogP contribution in [0.2, 0.25) is 0 Å². The standard InChI is InChI=1S/C22H36N4O4/c1-17(2)8-11-25(3)21(28)20(16-18-4-6-19(27)7-5-18)24-22(29)30-15-14-26-12-9-23-10-13-26/h4-7,17,20,23,27H,8-16H2,1-3H3,(H,24,29)/t20-/m0/s1. The highest BCUT2D eigenvalue weighted by atomic mass is 16.5. The van der Waals surface area contributed by atoms with E-state index in [4.69, 9.17) is 4.74 Å². The molecule has 30 heavy (non-hydrogen) atoms. The maximum absolute atomic E-state index is 13.0. The van der Waals surface area contributed by atoms with Crippen molar-refractivity contribution in [2.75, 3.05) is 52.9 Å². The van der Waals surface area contributed by atoms with Crippen LogP contribution in [0.1, 0.15) is 25.8 Å². The summed E-state index contributed by atoms with van der Waals surface area (Å²) < 4.78 is 5.34. The van der Waals surface area contributed by atoms with Crippen LogP contribution >= 0.6 is 0 Å². The summed E-state index contributed by atoms with van der Waals surface area (Å²) in [7, 11) is 1.76. The fraction of sp³-hybridized carbons (Fsp3) is 0.636. The highest BCUT2D eigenvalue weighted by Gasteiger charge is 2.25. The van der Waals surface area contributed by atoms with E-state index in [9.17, 15) is 14.7 Å². The lowest BCUT2D eigenvalue weighted by molar-refractivity contribution is -0.132. The minimum Gasteiger partial charge on any atom is -0.508 e. The van der Waals surface area contributed by atoms with Crippen molar-refractivity contribution in [1.29, 1.82) is 0 Å². The van der Waals surface area contributed by atoms with Crippen LogP contribution < -0.4 is 10.6 Å². The minimum absolute atomic E-state index is 0.150. The second kappa shape index (κ2) is 12.4. The number of nitrogens with zero attached hydrogens (tertiary/aromatic N) is 2. The maximum atomic E-state index is 13.0. The molecule has 2 rings (SSSR count). The number of phenolic OH excluding ortho intramolecular Hbond substituents is 1. The van der Waals surface area contributed by atoms with Crippen molar-refractivity contribution in [1.82, 2.24) is 20.4 Å². The topological polar surface area (TPSA) is 94.1 Å². The molecular formula is C22H36N4O4. The monoisotopic (exact) mass is 420 g/mol. The van der Waals surface area contributed by atoms with Crippen LogP contribution in [0.4, 0.5) is 4.79 Å². The number of likely N-dealkylation sites (N-methyl/N-ethyl adjacent to an activating group) is 1. The first-order valence-corrected chi connectivity index (χ1v) is 10.7. The number of benzene rings is 1. The summed E-state index contributed by atoms with van der Waals surface area (Å²) in [6, 6.07) is 5.93. The van der Waals surface area contributed by atoms with Crippen LogP contribution in [-0.2, 0) is 16.0 Å². The number of rotatable bonds is 10. The zero-order valence-corrected chi connectivity index (χ0v) is 18.4. The normalized spacial score (nSPS) is 15.6. The maximum Gasteiger partial charge on any atom is 0.407 e. The zero-order chi connectivity index (χ0) is 21.9. The molecule has 1 fully saturated rings. The number of nitrogens with one attached hydrogen (secondary N) is 2. The molecule has 1 atom stereocenters. The van der Waals surface area contributed by atoms with E-state index in [0.29, 0.717) is 25.4 Å². The molecule has 1 aromatic rings. The molecule has 3 N–H and O–H groups in total. The molecule has 0 spiro atoms. The van der Waals surface area contributed by atoms with E-state index < -0.39 is 12.1 Å². The fourth-order valence-electron chi connectivity index (χ4n) is 3.28. The number of hydrogen-bond acceptors (Lipinski definition) is 6. The van der Waals surface area contributed by atoms with Crippen molar-refractivity contribution in [3.63, 3.8) is 0 Å². The molecule has 1 aliphatic heterocycles. The summed E-state index contributed by atoms with van der Waals surface area (Å²) in [4.78, 5) is 29.2. The van der Waals surface area contributed by atoms with Gasteiger partial charge in [0, 0.05) is 52.7 Å². The molecule has 168 valence electrons. The largest absolute Gasteiger partial charge is 0.508 e. The van der Waals surface area contributed by atoms with Crippen molar-refractivity contribution < 1.29 is 19.4 Å². The van der Waals surface area contributed by atoms with Crippen LogP contribution in [-0.4, -0.2) is 85.9 Å². The van der Waals surface area contributed by atoms with Gasteiger partial charge >= 0.3 is 6.09 Å². The lowest BCUT2D eigenvalue weighted by atomic mass is 10.0. The van der Waals surface area contributed by atoms with E-state index in [0.717, 1.165) is 38.2 Å². The predicted octanol–water partition coefficient (Wildman–Crippen LogP) is 1.44. The number of ether oxygens (including phenoxy) is 1. The number of amides is 2. The van der Waals surface area contributed by atoms with E-state index in [2.05, 4.69) is 29.4 Å². The van der Waals surface area contributed by atoms with Crippen molar-refractivity contribution in [2.24, 2.45) is 5.92 Å². The molecule has 0 aromatic heterocycles. The number of phenols is 1. The number of aromatic hydroxyl groups is 1. The van der Waals surface area contributed by atoms with Gasteiger partial charge in [-0.3, -0.25) is 9.69 Å². The van der Waals surface area contributed by atoms with E-state index in [1.54, 1.807) is 36.2 Å². The number of carbonyl (C=O) groups is 2. The first-order valence-electron chi connectivity index (χ1n) is 10.7. The van der Waals surface area contributed by atoms with Crippen molar-refractivity contribution in [2.45, 2.75) is 32.7 Å². The van der Waals surface area contributed by atoms with Gasteiger partial charge in [0.15, 0.2) is 0 Å². The molecule has 0 unspecified atom stereocenters. The molecule has 8 nitrogen and oxygen atoms in total. The summed E-state index contributed by atoms with van der Waals surface area (Å²) in [6.07, 6.45) is 0.640. The van der Waals surface area contributed by atoms with Gasteiger partial charge in [-0.05, 0) is 30.0 Å². The second-order valence-corrected chi connectivity index (χ2v) is 8.24. The van der Waals surface area contributed by atoms with Gasteiger partial charge in [-0.15, -0.1) is 0 Å². The Kier molecular flexibility index (Phi) is 9.89. The molecule has 2 amide bonds. The van der Waals surface area contributed by atoms with Crippen molar-refractivity contribution in [3.8, 4) is 5.75 Å². The molecule has 8 heteroatoms. The van der Waals surface area contributed by atoms with Gasteiger partial charge in [-0.25, -0.2) is 4.79 Å². The quantitative estimate of drug-likeness (QED) is 0.530. The van der Waals surface area contributed by atoms with E-state index >= 15 is 0 Å². The number of piperazine rings is 1. The second-order valence-electron chi connectivity index (χ2n) is 8.24. The predicted molar refractivity (Wildman–Crippen MR) is 116 cm³/mol. The number of carbonyl (C=O) groups excluding carboxylic acids is 2. The van der Waals surface area contributed by atoms with Crippen LogP contribution in [0.5, 0.6) is 5.75 Å². The van der Waals surface area contributed by atoms with Gasteiger partial charge in [-0.2, -0.15) is 0 Å². The van der Waals surface area contributed by atoms with Crippen LogP contribution in [0.25, 0.3) is 0 Å². The summed E-state index contributed by atoms with van der Waals surface area (Å²) in [6.45, 7) is 9.58. The average molecular weight is 421 g/mol. The Bertz CT molecular complexity index is 660. The molecule has 0 saturated carbocycles. The highest BCUT2D eigenvalue weighted by Crippen LogP contribution is 2.13. The van der Waals surface area contributed by atoms with Crippen molar-refractivity contribution >= 4 is 12.0 Å². The third kappa shape index (κ3) is 8.59. The SMILES string of the molecule is CC(C)CCN(C)C(=O)[C@H](Cc1ccc(O)cc1)NC(=O)OCCN1CCNCC1. The lowest BCUT2D eigenvalue weighted by Gasteiger charge is -2.27. The van der Waals surface area contributed by atoms with Gasteiger partial charge in [0.25, 0.3) is 0 Å². The summed E-state index contributed by atoms with van der Waals surface area (Å²) in [5.74, 6) is 0.498. The Balaban J connectivity index is 1.92. The molecule has 1 aliphatic rings. The fourth-order valence-corrected chi connectivity index (χ4v) is 3.28. The Labute approximate surface area is 179 Å². The Morgan fingerprint density at radius 1 is 1.23 bits per heavy atom. The third-order valence-electron chi connectivity index (χ3n) is 5.23. The summed E-state index contributed by atoms with van der Waals surface area (Å²) in [5.41, 5.74) is 0.851. The molecule has 0 radical (unpaired) electrons. The molecule has 1 aromatic carbocycles. The first-order chi connectivity index (χ1) is 14.3. The third-order valence-corrected chi connectivity index (χ3v) is 5.23. The molecular weight excluding hydrogens is 384 g/mol. The van der Waals surface area contributed by atoms with Crippen LogP contribution in [0, 0.1) is 5.92 Å². The van der Waals surface area contributed by atoms with E-state index in [-0.39, 0.29) is 18.3 Å². The van der Waals surface area contributed by atoms with Crippen LogP contribution in [0.3, 0.4) is 0 Å². The molecule has 0 bridgehead atoms. The number of hydrogen-bond donors (Lipinski definition) is 3. The summed E-state index contributed by atoms with van der Waals surface area (Å²) in [5, 5.41) is 15.5. The van der Waals surface area contributed by atoms with E-state index in [1.165, 1.54) is 0 Å². The smallest absolute Gasteiger partial charge is 0.407 e. The number of alkyl carbamates (subject to hydrolysis) is 1. The van der Waals surface area contributed by atoms with Gasteiger partial charge in [0.1, 0.15) is 18.4 Å². The molecule has 1 heterocycles. The average Bonchev–Trinajstić information content (AvgIpc) is 2.73. The minimum atomic E-state index is -0.724. The Hall–Kier alpha value is -2.32. The molecule has 1 saturated heterocycles.